The number of hydrogen-bond acceptors (Lipinski definition) is 1. The van der Waals surface area contributed by atoms with Crippen LogP contribution in [0.5, 0.6) is 0 Å². The van der Waals surface area contributed by atoms with Gasteiger partial charge in [0.15, 0.2) is 0 Å². The van der Waals surface area contributed by atoms with Gasteiger partial charge in [-0.2, -0.15) is 0 Å². The summed E-state index contributed by atoms with van der Waals surface area (Å²) in [4.78, 5) is 10.6. The monoisotopic (exact) mass is 266 g/mol. The van der Waals surface area contributed by atoms with Crippen molar-refractivity contribution >= 4 is 37.9 Å². The standard InChI is InChI=1S/C16H13OP.BH3/c17-18(14-9-2-1-3-10-14)16-12-6-8-13-7-4-5-11-15(13)16;/h1-12,17H;1H3. The van der Waals surface area contributed by atoms with Crippen LogP contribution in [0.25, 0.3) is 10.8 Å². The summed E-state index contributed by atoms with van der Waals surface area (Å²) in [5.74, 6) is 0. The van der Waals surface area contributed by atoms with Crippen LogP contribution in [0.4, 0.5) is 0 Å². The molecule has 19 heavy (non-hydrogen) atoms. The summed E-state index contributed by atoms with van der Waals surface area (Å²) in [7, 11) is -1.27. The second-order valence-electron chi connectivity index (χ2n) is 4.15. The lowest BCUT2D eigenvalue weighted by Crippen LogP contribution is -2.11. The van der Waals surface area contributed by atoms with Gasteiger partial charge in [-0.05, 0) is 10.8 Å². The molecule has 0 aromatic heterocycles. The summed E-state index contributed by atoms with van der Waals surface area (Å²) in [5, 5.41) is 4.32. The van der Waals surface area contributed by atoms with Gasteiger partial charge in [-0.3, -0.25) is 0 Å². The van der Waals surface area contributed by atoms with Crippen molar-refractivity contribution in [2.24, 2.45) is 0 Å². The molecule has 3 aromatic carbocycles. The fraction of sp³-hybridized carbons (Fsp3) is 0. The van der Waals surface area contributed by atoms with Gasteiger partial charge in [-0.1, -0.05) is 72.8 Å². The van der Waals surface area contributed by atoms with E-state index >= 15 is 0 Å². The molecule has 0 bridgehead atoms. The summed E-state index contributed by atoms with van der Waals surface area (Å²) in [5.41, 5.74) is 0. The molecule has 0 radical (unpaired) electrons. The van der Waals surface area contributed by atoms with Crippen molar-refractivity contribution in [3.05, 3.63) is 72.8 Å². The molecule has 1 N–H and O–H groups in total. The highest BCUT2D eigenvalue weighted by atomic mass is 31.1. The predicted octanol–water partition coefficient (Wildman–Crippen LogP) is 2.00. The fourth-order valence-corrected chi connectivity index (χ4v) is 3.49. The van der Waals surface area contributed by atoms with Crippen molar-refractivity contribution in [3.8, 4) is 0 Å². The topological polar surface area (TPSA) is 20.2 Å². The van der Waals surface area contributed by atoms with Gasteiger partial charge in [0, 0.05) is 10.6 Å². The molecule has 3 heteroatoms. The minimum Gasteiger partial charge on any atom is -0.364 e. The lowest BCUT2D eigenvalue weighted by atomic mass is 10.1. The molecule has 1 atom stereocenters. The molecule has 0 aliphatic rings. The van der Waals surface area contributed by atoms with E-state index in [2.05, 4.69) is 18.2 Å². The summed E-state index contributed by atoms with van der Waals surface area (Å²) >= 11 is 0. The van der Waals surface area contributed by atoms with Gasteiger partial charge in [0.05, 0.1) is 16.6 Å². The third-order valence-corrected chi connectivity index (χ3v) is 4.63. The Kier molecular flexibility index (Phi) is 4.37. The fourth-order valence-electron chi connectivity index (χ4n) is 2.10. The molecule has 0 heterocycles. The van der Waals surface area contributed by atoms with E-state index in [-0.39, 0.29) is 8.41 Å². The third kappa shape index (κ3) is 2.70. The first-order chi connectivity index (χ1) is 8.86. The number of rotatable bonds is 2. The Bertz CT molecular complexity index is 664. The minimum atomic E-state index is -1.27. The minimum absolute atomic E-state index is 0. The summed E-state index contributed by atoms with van der Waals surface area (Å²) in [6.07, 6.45) is 0. The number of fused-ring (bicyclic) bond motifs is 1. The number of benzene rings is 3. The predicted molar refractivity (Wildman–Crippen MR) is 88.7 cm³/mol. The Morgan fingerprint density at radius 2 is 1.32 bits per heavy atom. The molecule has 3 rings (SSSR count). The van der Waals surface area contributed by atoms with Crippen LogP contribution in [0, 0.1) is 0 Å². The van der Waals surface area contributed by atoms with E-state index in [1.54, 1.807) is 0 Å². The van der Waals surface area contributed by atoms with E-state index in [0.29, 0.717) is 0 Å². The molecule has 0 saturated heterocycles. The first-order valence-electron chi connectivity index (χ1n) is 5.88. The van der Waals surface area contributed by atoms with Crippen LogP contribution in [0.1, 0.15) is 0 Å². The maximum absolute atomic E-state index is 10.6. The molecule has 94 valence electrons. The van der Waals surface area contributed by atoms with Gasteiger partial charge in [0.1, 0.15) is 0 Å². The van der Waals surface area contributed by atoms with Gasteiger partial charge >= 0.3 is 0 Å². The van der Waals surface area contributed by atoms with Crippen molar-refractivity contribution in [3.63, 3.8) is 0 Å². The van der Waals surface area contributed by atoms with Gasteiger partial charge in [-0.25, -0.2) is 0 Å². The van der Waals surface area contributed by atoms with Crippen molar-refractivity contribution < 1.29 is 4.89 Å². The molecular formula is C16H16BOP. The largest absolute Gasteiger partial charge is 0.364 e. The highest BCUT2D eigenvalue weighted by molar-refractivity contribution is 7.68. The van der Waals surface area contributed by atoms with E-state index in [4.69, 9.17) is 0 Å². The molecule has 0 amide bonds. The molecule has 1 unspecified atom stereocenters. The quantitative estimate of drug-likeness (QED) is 0.555. The Balaban J connectivity index is 0.00000133. The first-order valence-corrected chi connectivity index (χ1v) is 7.17. The van der Waals surface area contributed by atoms with E-state index in [0.717, 1.165) is 16.0 Å². The smallest absolute Gasteiger partial charge is 0.0883 e. The Morgan fingerprint density at radius 3 is 2.11 bits per heavy atom. The Morgan fingerprint density at radius 1 is 0.684 bits per heavy atom. The highest BCUT2D eigenvalue weighted by Crippen LogP contribution is 2.31. The SMILES string of the molecule is B.OP(c1ccccc1)c1cccc2ccccc12. The molecule has 0 spiro atoms. The zero-order valence-electron chi connectivity index (χ0n) is 9.82. The highest BCUT2D eigenvalue weighted by Gasteiger charge is 2.12. The van der Waals surface area contributed by atoms with E-state index < -0.39 is 8.15 Å². The molecular weight excluding hydrogens is 250 g/mol. The molecule has 3 aromatic rings. The van der Waals surface area contributed by atoms with E-state index in [1.807, 2.05) is 54.6 Å². The average Bonchev–Trinajstić information content (AvgIpc) is 2.47. The van der Waals surface area contributed by atoms with Crippen LogP contribution in [0.2, 0.25) is 0 Å². The van der Waals surface area contributed by atoms with Crippen LogP contribution in [0.15, 0.2) is 72.8 Å². The van der Waals surface area contributed by atoms with E-state index in [1.165, 1.54) is 5.39 Å². The van der Waals surface area contributed by atoms with Crippen molar-refractivity contribution in [2.75, 3.05) is 0 Å². The normalized spacial score (nSPS) is 11.8. The molecule has 0 fully saturated rings. The molecule has 0 aliphatic heterocycles. The van der Waals surface area contributed by atoms with E-state index in [9.17, 15) is 4.89 Å². The maximum atomic E-state index is 10.6. The zero-order valence-corrected chi connectivity index (χ0v) is 10.7. The van der Waals surface area contributed by atoms with Gasteiger partial charge in [0.2, 0.25) is 0 Å². The summed E-state index contributed by atoms with van der Waals surface area (Å²) < 4.78 is 0. The summed E-state index contributed by atoms with van der Waals surface area (Å²) in [6.45, 7) is 0. The summed E-state index contributed by atoms with van der Waals surface area (Å²) in [6, 6.07) is 24.1. The first kappa shape index (κ1) is 13.8. The molecule has 1 nitrogen and oxygen atoms in total. The van der Waals surface area contributed by atoms with Gasteiger partial charge in [-0.15, -0.1) is 0 Å². The second-order valence-corrected chi connectivity index (χ2v) is 5.77. The molecule has 0 aliphatic carbocycles. The van der Waals surface area contributed by atoms with Crippen LogP contribution in [-0.4, -0.2) is 13.3 Å². The Labute approximate surface area is 116 Å². The van der Waals surface area contributed by atoms with Crippen LogP contribution in [-0.2, 0) is 0 Å². The van der Waals surface area contributed by atoms with Crippen molar-refractivity contribution in [1.29, 1.82) is 0 Å². The maximum Gasteiger partial charge on any atom is 0.0883 e. The lowest BCUT2D eigenvalue weighted by Gasteiger charge is -2.13. The third-order valence-electron chi connectivity index (χ3n) is 3.00. The van der Waals surface area contributed by atoms with Gasteiger partial charge in [0.25, 0.3) is 0 Å². The van der Waals surface area contributed by atoms with Crippen LogP contribution in [0.3, 0.4) is 0 Å². The molecule has 0 saturated carbocycles. The van der Waals surface area contributed by atoms with Crippen LogP contribution < -0.4 is 10.6 Å². The van der Waals surface area contributed by atoms with Gasteiger partial charge < -0.3 is 4.89 Å². The average molecular weight is 266 g/mol. The van der Waals surface area contributed by atoms with Crippen molar-refractivity contribution in [2.45, 2.75) is 0 Å². The lowest BCUT2D eigenvalue weighted by molar-refractivity contribution is 0.645. The number of hydrogen-bond donors (Lipinski definition) is 1. The second kappa shape index (κ2) is 6.01. The zero-order chi connectivity index (χ0) is 12.4. The van der Waals surface area contributed by atoms with Crippen LogP contribution >= 0.6 is 8.15 Å². The Hall–Kier alpha value is -1.63. The van der Waals surface area contributed by atoms with Crippen molar-refractivity contribution in [1.82, 2.24) is 0 Å².